The van der Waals surface area contributed by atoms with E-state index in [2.05, 4.69) is 5.32 Å². The Morgan fingerprint density at radius 3 is 2.47 bits per heavy atom. The first-order chi connectivity index (χ1) is 17.2. The number of aromatic carboxylic acids is 1. The average molecular weight is 500 g/mol. The van der Waals surface area contributed by atoms with Gasteiger partial charge in [0.1, 0.15) is 11.9 Å². The van der Waals surface area contributed by atoms with Crippen molar-refractivity contribution in [3.05, 3.63) is 59.4 Å². The van der Waals surface area contributed by atoms with Crippen LogP contribution in [-0.4, -0.2) is 79.5 Å². The molecule has 2 aromatic carbocycles. The zero-order chi connectivity index (χ0) is 25.8. The second-order valence-corrected chi connectivity index (χ2v) is 8.30. The maximum Gasteiger partial charge on any atom is 0.414 e. The van der Waals surface area contributed by atoms with Gasteiger partial charge in [-0.25, -0.2) is 19.0 Å². The molecule has 2 heterocycles. The fourth-order valence-corrected chi connectivity index (χ4v) is 3.97. The molecule has 190 valence electrons. The minimum atomic E-state index is -1.09. The first-order valence-electron chi connectivity index (χ1n) is 11.3. The van der Waals surface area contributed by atoms with Crippen molar-refractivity contribution in [3.63, 3.8) is 0 Å². The number of hydroxylamine groups is 2. The van der Waals surface area contributed by atoms with E-state index in [-0.39, 0.29) is 43.3 Å². The largest absolute Gasteiger partial charge is 0.478 e. The molecule has 0 saturated carbocycles. The Kier molecular flexibility index (Phi) is 7.34. The van der Waals surface area contributed by atoms with E-state index in [0.29, 0.717) is 24.5 Å². The van der Waals surface area contributed by atoms with Crippen LogP contribution in [0.15, 0.2) is 42.5 Å². The van der Waals surface area contributed by atoms with Crippen molar-refractivity contribution in [2.24, 2.45) is 0 Å². The third kappa shape index (κ3) is 5.54. The summed E-state index contributed by atoms with van der Waals surface area (Å²) in [6, 6.07) is 9.93. The van der Waals surface area contributed by atoms with Crippen LogP contribution < -0.4 is 15.1 Å². The number of halogens is 1. The van der Waals surface area contributed by atoms with E-state index in [1.807, 2.05) is 0 Å². The number of carbonyl (C=O) groups is 4. The molecule has 12 heteroatoms. The minimum Gasteiger partial charge on any atom is -0.478 e. The van der Waals surface area contributed by atoms with Gasteiger partial charge in [-0.3, -0.25) is 19.3 Å². The van der Waals surface area contributed by atoms with Crippen molar-refractivity contribution >= 4 is 35.3 Å². The van der Waals surface area contributed by atoms with Crippen molar-refractivity contribution in [3.8, 4) is 0 Å². The van der Waals surface area contributed by atoms with Gasteiger partial charge in [0.15, 0.2) is 0 Å². The molecular weight excluding hydrogens is 475 g/mol. The number of amides is 3. The molecule has 2 aliphatic heterocycles. The van der Waals surface area contributed by atoms with Crippen LogP contribution >= 0.6 is 0 Å². The lowest BCUT2D eigenvalue weighted by atomic mass is 10.1. The first kappa shape index (κ1) is 24.9. The molecule has 0 bridgehead atoms. The highest BCUT2D eigenvalue weighted by Gasteiger charge is 2.33. The molecule has 4 rings (SSSR count). The number of hydrogen-bond acceptors (Lipinski definition) is 7. The van der Waals surface area contributed by atoms with E-state index in [1.165, 1.54) is 47.2 Å². The van der Waals surface area contributed by atoms with Gasteiger partial charge in [-0.15, -0.1) is 0 Å². The SMILES string of the molecule is CC(=O)NCC1CN(c2ccc(N3CCON(C(=O)c4ccc(C(=O)O)cc4)CC3)c(F)c2)C(=O)O1. The molecule has 1 atom stereocenters. The topological polar surface area (TPSA) is 129 Å². The summed E-state index contributed by atoms with van der Waals surface area (Å²) in [6.07, 6.45) is -1.15. The van der Waals surface area contributed by atoms with Crippen molar-refractivity contribution in [2.45, 2.75) is 13.0 Å². The van der Waals surface area contributed by atoms with Crippen LogP contribution in [0, 0.1) is 5.82 Å². The van der Waals surface area contributed by atoms with Crippen LogP contribution in [0.4, 0.5) is 20.6 Å². The summed E-state index contributed by atoms with van der Waals surface area (Å²) < 4.78 is 20.3. The predicted molar refractivity (Wildman–Crippen MR) is 125 cm³/mol. The molecule has 3 amide bonds. The molecule has 36 heavy (non-hydrogen) atoms. The fraction of sp³-hybridized carbons (Fsp3) is 0.333. The Hall–Kier alpha value is -4.19. The number of nitrogens with one attached hydrogen (secondary N) is 1. The third-order valence-electron chi connectivity index (χ3n) is 5.82. The van der Waals surface area contributed by atoms with E-state index >= 15 is 4.39 Å². The van der Waals surface area contributed by atoms with Gasteiger partial charge in [-0.1, -0.05) is 0 Å². The zero-order valence-corrected chi connectivity index (χ0v) is 19.5. The molecule has 2 N–H and O–H groups in total. The highest BCUT2D eigenvalue weighted by Crippen LogP contribution is 2.28. The van der Waals surface area contributed by atoms with Gasteiger partial charge in [-0.05, 0) is 42.5 Å². The van der Waals surface area contributed by atoms with E-state index < -0.39 is 29.9 Å². The number of carboxylic acids is 1. The summed E-state index contributed by atoms with van der Waals surface area (Å²) in [4.78, 5) is 55.7. The second-order valence-electron chi connectivity index (χ2n) is 8.30. The number of carbonyl (C=O) groups excluding carboxylic acids is 3. The highest BCUT2D eigenvalue weighted by molar-refractivity contribution is 5.95. The smallest absolute Gasteiger partial charge is 0.414 e. The number of cyclic esters (lactones) is 1. The number of ether oxygens (including phenoxy) is 1. The lowest BCUT2D eigenvalue weighted by molar-refractivity contribution is -0.119. The van der Waals surface area contributed by atoms with E-state index in [4.69, 9.17) is 14.7 Å². The van der Waals surface area contributed by atoms with E-state index in [0.717, 1.165) is 0 Å². The summed E-state index contributed by atoms with van der Waals surface area (Å²) in [5, 5.41) is 12.8. The molecule has 0 aliphatic carbocycles. The number of nitrogens with zero attached hydrogens (tertiary/aromatic N) is 3. The number of hydrogen-bond donors (Lipinski definition) is 2. The Bertz CT molecular complexity index is 1170. The predicted octanol–water partition coefficient (Wildman–Crippen LogP) is 1.88. The molecule has 0 radical (unpaired) electrons. The van der Waals surface area contributed by atoms with Crippen LogP contribution in [0.1, 0.15) is 27.6 Å². The zero-order valence-electron chi connectivity index (χ0n) is 19.5. The average Bonchev–Trinajstić information content (AvgIpc) is 3.06. The maximum absolute atomic E-state index is 15.1. The Balaban J connectivity index is 1.39. The lowest BCUT2D eigenvalue weighted by Gasteiger charge is -2.24. The monoisotopic (exact) mass is 500 g/mol. The van der Waals surface area contributed by atoms with Gasteiger partial charge in [0.05, 0.1) is 43.2 Å². The molecule has 2 aliphatic rings. The quantitative estimate of drug-likeness (QED) is 0.615. The van der Waals surface area contributed by atoms with Crippen LogP contribution in [0.3, 0.4) is 0 Å². The second kappa shape index (κ2) is 10.6. The third-order valence-corrected chi connectivity index (χ3v) is 5.82. The molecule has 2 saturated heterocycles. The maximum atomic E-state index is 15.1. The Morgan fingerprint density at radius 1 is 1.08 bits per heavy atom. The van der Waals surface area contributed by atoms with E-state index in [9.17, 15) is 19.2 Å². The molecule has 0 aromatic heterocycles. The Labute approximate surface area is 205 Å². The molecule has 2 aromatic rings. The van der Waals surface area contributed by atoms with Gasteiger partial charge < -0.3 is 20.1 Å². The van der Waals surface area contributed by atoms with Gasteiger partial charge in [0.2, 0.25) is 5.91 Å². The summed E-state index contributed by atoms with van der Waals surface area (Å²) >= 11 is 0. The van der Waals surface area contributed by atoms with Crippen molar-refractivity contribution < 1.29 is 38.2 Å². The standard InChI is InChI=1S/C24H25FN4O7/c1-15(30)26-13-19-14-28(24(34)36-19)18-6-7-21(20(25)12-18)27-8-9-29(35-11-10-27)22(31)16-2-4-17(5-3-16)23(32)33/h2-7,12,19H,8-11,13-14H2,1H3,(H,26,30)(H,32,33). The summed E-state index contributed by atoms with van der Waals surface area (Å²) in [6.45, 7) is 2.62. The molecular formula is C24H25FN4O7. The van der Waals surface area contributed by atoms with Crippen LogP contribution in [0.2, 0.25) is 0 Å². The number of benzene rings is 2. The fourth-order valence-electron chi connectivity index (χ4n) is 3.97. The van der Waals surface area contributed by atoms with Gasteiger partial charge in [-0.2, -0.15) is 0 Å². The van der Waals surface area contributed by atoms with Gasteiger partial charge >= 0.3 is 12.1 Å². The lowest BCUT2D eigenvalue weighted by Crippen LogP contribution is -2.34. The van der Waals surface area contributed by atoms with Crippen LogP contribution in [-0.2, 0) is 14.4 Å². The van der Waals surface area contributed by atoms with Crippen molar-refractivity contribution in [2.75, 3.05) is 49.1 Å². The summed E-state index contributed by atoms with van der Waals surface area (Å²) in [7, 11) is 0. The van der Waals surface area contributed by atoms with Crippen molar-refractivity contribution in [1.29, 1.82) is 0 Å². The van der Waals surface area contributed by atoms with Gasteiger partial charge in [0, 0.05) is 25.6 Å². The van der Waals surface area contributed by atoms with Gasteiger partial charge in [0.25, 0.3) is 5.91 Å². The molecule has 0 spiro atoms. The summed E-state index contributed by atoms with van der Waals surface area (Å²) in [5.74, 6) is -2.30. The Morgan fingerprint density at radius 2 is 1.81 bits per heavy atom. The summed E-state index contributed by atoms with van der Waals surface area (Å²) in [5.41, 5.74) is 0.973. The number of anilines is 2. The van der Waals surface area contributed by atoms with Crippen LogP contribution in [0.25, 0.3) is 0 Å². The van der Waals surface area contributed by atoms with E-state index in [1.54, 1.807) is 17.0 Å². The van der Waals surface area contributed by atoms with Crippen molar-refractivity contribution in [1.82, 2.24) is 10.4 Å². The molecule has 2 fully saturated rings. The normalized spacial score (nSPS) is 18.0. The minimum absolute atomic E-state index is 0.0684. The number of rotatable bonds is 6. The first-order valence-corrected chi connectivity index (χ1v) is 11.3. The molecule has 1 unspecified atom stereocenters. The molecule has 11 nitrogen and oxygen atoms in total. The van der Waals surface area contributed by atoms with Crippen LogP contribution in [0.5, 0.6) is 0 Å². The number of carboxylic acid groups (broad SMARTS) is 1. The highest BCUT2D eigenvalue weighted by atomic mass is 19.1.